The Labute approximate surface area is 125 Å². The fourth-order valence-electron chi connectivity index (χ4n) is 2.54. The summed E-state index contributed by atoms with van der Waals surface area (Å²) >= 11 is 0. The van der Waals surface area contributed by atoms with Crippen molar-refractivity contribution in [2.75, 3.05) is 19.8 Å². The quantitative estimate of drug-likeness (QED) is 0.787. The van der Waals surface area contributed by atoms with Crippen molar-refractivity contribution in [2.45, 2.75) is 38.3 Å². The SMILES string of the molecule is OCCC#Cc1cc(F)cc(CN(CCO)C2CCC2)c1. The fraction of sp³-hybridized carbons (Fsp3) is 0.529. The van der Waals surface area contributed by atoms with Gasteiger partial charge in [0.25, 0.3) is 0 Å². The van der Waals surface area contributed by atoms with Gasteiger partial charge in [-0.15, -0.1) is 0 Å². The third-order valence-electron chi connectivity index (χ3n) is 3.79. The van der Waals surface area contributed by atoms with Crippen molar-refractivity contribution in [1.82, 2.24) is 4.90 Å². The fourth-order valence-corrected chi connectivity index (χ4v) is 2.54. The predicted octanol–water partition coefficient (Wildman–Crippen LogP) is 1.91. The van der Waals surface area contributed by atoms with Crippen molar-refractivity contribution in [2.24, 2.45) is 0 Å². The van der Waals surface area contributed by atoms with Gasteiger partial charge < -0.3 is 10.2 Å². The molecule has 4 heteroatoms. The summed E-state index contributed by atoms with van der Waals surface area (Å²) in [5, 5.41) is 17.9. The molecule has 0 unspecified atom stereocenters. The Hall–Kier alpha value is -1.41. The topological polar surface area (TPSA) is 43.7 Å². The maximum atomic E-state index is 13.7. The molecule has 21 heavy (non-hydrogen) atoms. The smallest absolute Gasteiger partial charge is 0.124 e. The standard InChI is InChI=1S/C17H22FNO2/c18-16-11-14(4-1-2-8-20)10-15(12-16)13-19(7-9-21)17-5-3-6-17/h10-12,17,20-21H,2-3,5-9,13H2. The van der Waals surface area contributed by atoms with Gasteiger partial charge in [-0.1, -0.05) is 18.3 Å². The number of hydrogen-bond acceptors (Lipinski definition) is 3. The zero-order chi connectivity index (χ0) is 15.1. The molecule has 0 saturated heterocycles. The van der Waals surface area contributed by atoms with Crippen LogP contribution in [0.25, 0.3) is 0 Å². The molecule has 114 valence electrons. The second-order valence-corrected chi connectivity index (χ2v) is 5.40. The Morgan fingerprint density at radius 1 is 1.19 bits per heavy atom. The summed E-state index contributed by atoms with van der Waals surface area (Å²) in [6.07, 6.45) is 3.93. The molecule has 1 aromatic rings. The van der Waals surface area contributed by atoms with Crippen LogP contribution >= 0.6 is 0 Å². The summed E-state index contributed by atoms with van der Waals surface area (Å²) in [6.45, 7) is 1.39. The van der Waals surface area contributed by atoms with Crippen molar-refractivity contribution in [1.29, 1.82) is 0 Å². The van der Waals surface area contributed by atoms with Gasteiger partial charge in [0.1, 0.15) is 5.82 Å². The normalized spacial score (nSPS) is 14.7. The van der Waals surface area contributed by atoms with Crippen LogP contribution in [0.5, 0.6) is 0 Å². The summed E-state index contributed by atoms with van der Waals surface area (Å²) in [4.78, 5) is 2.21. The lowest BCUT2D eigenvalue weighted by Gasteiger charge is -2.37. The maximum Gasteiger partial charge on any atom is 0.124 e. The molecule has 3 nitrogen and oxygen atoms in total. The molecule has 1 aromatic carbocycles. The molecule has 2 rings (SSSR count). The predicted molar refractivity (Wildman–Crippen MR) is 80.1 cm³/mol. The first-order valence-electron chi connectivity index (χ1n) is 7.47. The third-order valence-corrected chi connectivity index (χ3v) is 3.79. The van der Waals surface area contributed by atoms with Crippen LogP contribution in [0, 0.1) is 17.7 Å². The van der Waals surface area contributed by atoms with E-state index in [0.717, 1.165) is 18.4 Å². The van der Waals surface area contributed by atoms with Crippen molar-refractivity contribution in [3.8, 4) is 11.8 Å². The Balaban J connectivity index is 2.09. The number of hydrogen-bond donors (Lipinski definition) is 2. The average molecular weight is 291 g/mol. The van der Waals surface area contributed by atoms with Gasteiger partial charge in [0.15, 0.2) is 0 Å². The van der Waals surface area contributed by atoms with Crippen LogP contribution < -0.4 is 0 Å². The molecule has 2 N–H and O–H groups in total. The second kappa shape index (κ2) is 8.14. The molecule has 0 spiro atoms. The number of rotatable bonds is 6. The molecule has 0 radical (unpaired) electrons. The molecule has 0 atom stereocenters. The minimum absolute atomic E-state index is 0.0150. The van der Waals surface area contributed by atoms with E-state index in [0.29, 0.717) is 31.1 Å². The highest BCUT2D eigenvalue weighted by Crippen LogP contribution is 2.26. The van der Waals surface area contributed by atoms with Crippen LogP contribution in [0.2, 0.25) is 0 Å². The van der Waals surface area contributed by atoms with Crippen molar-refractivity contribution < 1.29 is 14.6 Å². The molecular formula is C17H22FNO2. The highest BCUT2D eigenvalue weighted by molar-refractivity contribution is 5.37. The van der Waals surface area contributed by atoms with Crippen molar-refractivity contribution in [3.05, 3.63) is 35.1 Å². The van der Waals surface area contributed by atoms with E-state index >= 15 is 0 Å². The third kappa shape index (κ3) is 4.82. The first-order valence-corrected chi connectivity index (χ1v) is 7.47. The lowest BCUT2D eigenvalue weighted by atomic mass is 9.91. The van der Waals surface area contributed by atoms with Gasteiger partial charge in [0.05, 0.1) is 13.2 Å². The molecule has 0 bridgehead atoms. The van der Waals surface area contributed by atoms with E-state index in [1.165, 1.54) is 18.6 Å². The van der Waals surface area contributed by atoms with E-state index in [1.54, 1.807) is 0 Å². The van der Waals surface area contributed by atoms with E-state index in [4.69, 9.17) is 5.11 Å². The van der Waals surface area contributed by atoms with Gasteiger partial charge in [-0.25, -0.2) is 4.39 Å². The molecule has 1 saturated carbocycles. The van der Waals surface area contributed by atoms with E-state index in [9.17, 15) is 9.50 Å². The van der Waals surface area contributed by atoms with E-state index in [-0.39, 0.29) is 19.0 Å². The first kappa shape index (κ1) is 16.0. The molecular weight excluding hydrogens is 269 g/mol. The molecule has 1 aliphatic carbocycles. The van der Waals surface area contributed by atoms with E-state index < -0.39 is 0 Å². The number of aliphatic hydroxyl groups is 2. The summed E-state index contributed by atoms with van der Waals surface area (Å²) in [6, 6.07) is 5.33. The summed E-state index contributed by atoms with van der Waals surface area (Å²) < 4.78 is 13.7. The van der Waals surface area contributed by atoms with Crippen molar-refractivity contribution >= 4 is 0 Å². The van der Waals surface area contributed by atoms with Crippen molar-refractivity contribution in [3.63, 3.8) is 0 Å². The zero-order valence-electron chi connectivity index (χ0n) is 12.2. The van der Waals surface area contributed by atoms with Gasteiger partial charge >= 0.3 is 0 Å². The van der Waals surface area contributed by atoms with Crippen LogP contribution in [-0.4, -0.2) is 40.9 Å². The lowest BCUT2D eigenvalue weighted by Crippen LogP contribution is -2.41. The Bertz CT molecular complexity index is 517. The van der Waals surface area contributed by atoms with E-state index in [1.807, 2.05) is 6.07 Å². The van der Waals surface area contributed by atoms with Gasteiger partial charge in [-0.3, -0.25) is 4.90 Å². The second-order valence-electron chi connectivity index (χ2n) is 5.40. The van der Waals surface area contributed by atoms with Crippen LogP contribution in [0.3, 0.4) is 0 Å². The highest BCUT2D eigenvalue weighted by atomic mass is 19.1. The van der Waals surface area contributed by atoms with E-state index in [2.05, 4.69) is 16.7 Å². The summed E-state index contributed by atoms with van der Waals surface area (Å²) in [5.41, 5.74) is 1.51. The average Bonchev–Trinajstić information content (AvgIpc) is 2.36. The largest absolute Gasteiger partial charge is 0.395 e. The first-order chi connectivity index (χ1) is 10.2. The molecule has 0 heterocycles. The summed E-state index contributed by atoms with van der Waals surface area (Å²) in [7, 11) is 0. The lowest BCUT2D eigenvalue weighted by molar-refractivity contribution is 0.0945. The number of benzene rings is 1. The Kier molecular flexibility index (Phi) is 6.19. The zero-order valence-corrected chi connectivity index (χ0v) is 12.2. The van der Waals surface area contributed by atoms with Gasteiger partial charge in [0, 0.05) is 31.1 Å². The minimum Gasteiger partial charge on any atom is -0.395 e. The Morgan fingerprint density at radius 3 is 2.62 bits per heavy atom. The molecule has 1 fully saturated rings. The van der Waals surface area contributed by atoms with Crippen LogP contribution in [0.1, 0.15) is 36.8 Å². The van der Waals surface area contributed by atoms with Crippen LogP contribution in [0.4, 0.5) is 4.39 Å². The minimum atomic E-state index is -0.293. The molecule has 1 aliphatic rings. The molecule has 0 aliphatic heterocycles. The molecule has 0 amide bonds. The summed E-state index contributed by atoms with van der Waals surface area (Å²) in [5.74, 6) is 5.39. The monoisotopic (exact) mass is 291 g/mol. The van der Waals surface area contributed by atoms with Gasteiger partial charge in [0.2, 0.25) is 0 Å². The van der Waals surface area contributed by atoms with Gasteiger partial charge in [-0.2, -0.15) is 0 Å². The van der Waals surface area contributed by atoms with Crippen LogP contribution in [-0.2, 0) is 6.54 Å². The Morgan fingerprint density at radius 2 is 2.00 bits per heavy atom. The van der Waals surface area contributed by atoms with Gasteiger partial charge in [-0.05, 0) is 36.6 Å². The number of halogens is 1. The maximum absolute atomic E-state index is 13.7. The number of aliphatic hydroxyl groups excluding tert-OH is 2. The van der Waals surface area contributed by atoms with Crippen LogP contribution in [0.15, 0.2) is 18.2 Å². The molecule has 0 aromatic heterocycles. The highest BCUT2D eigenvalue weighted by Gasteiger charge is 2.24. The number of nitrogens with zero attached hydrogens (tertiary/aromatic N) is 1.